The van der Waals surface area contributed by atoms with E-state index in [0.717, 1.165) is 19.4 Å². The van der Waals surface area contributed by atoms with Crippen molar-refractivity contribution in [3.8, 4) is 0 Å². The molecule has 0 saturated carbocycles. The van der Waals surface area contributed by atoms with Crippen LogP contribution in [-0.2, 0) is 10.0 Å². The molecule has 0 radical (unpaired) electrons. The van der Waals surface area contributed by atoms with Crippen LogP contribution in [0.5, 0.6) is 0 Å². The predicted molar refractivity (Wildman–Crippen MR) is 90.3 cm³/mol. The number of aryl methyl sites for hydroxylation is 1. The molecule has 3 rings (SSSR count). The van der Waals surface area contributed by atoms with Gasteiger partial charge in [0.2, 0.25) is 10.0 Å². The molecule has 2 aliphatic rings. The Hall–Kier alpha value is -1.51. The van der Waals surface area contributed by atoms with Gasteiger partial charge in [-0.2, -0.15) is 4.31 Å². The van der Waals surface area contributed by atoms with Crippen LogP contribution in [0, 0.1) is 23.0 Å². The van der Waals surface area contributed by atoms with E-state index < -0.39 is 14.9 Å². The Balaban J connectivity index is 1.74. The molecule has 0 aliphatic carbocycles. The predicted octanol–water partition coefficient (Wildman–Crippen LogP) is 2.06. The molecule has 24 heavy (non-hydrogen) atoms. The van der Waals surface area contributed by atoms with E-state index in [2.05, 4.69) is 5.32 Å². The quantitative estimate of drug-likeness (QED) is 0.661. The summed E-state index contributed by atoms with van der Waals surface area (Å²) in [5, 5.41) is 14.6. The smallest absolute Gasteiger partial charge is 0.273 e. The van der Waals surface area contributed by atoms with E-state index in [1.807, 2.05) is 0 Å². The van der Waals surface area contributed by atoms with E-state index in [0.29, 0.717) is 30.6 Å². The lowest BCUT2D eigenvalue weighted by Crippen LogP contribution is -2.43. The Morgan fingerprint density at radius 3 is 2.54 bits per heavy atom. The van der Waals surface area contributed by atoms with Crippen molar-refractivity contribution in [1.82, 2.24) is 9.62 Å². The number of piperidine rings is 1. The lowest BCUT2D eigenvalue weighted by molar-refractivity contribution is -0.385. The summed E-state index contributed by atoms with van der Waals surface area (Å²) in [6, 6.07) is 4.65. The normalized spacial score (nSPS) is 23.5. The maximum Gasteiger partial charge on any atom is 0.273 e. The summed E-state index contributed by atoms with van der Waals surface area (Å²) < 4.78 is 27.0. The molecule has 1 unspecified atom stereocenters. The van der Waals surface area contributed by atoms with Gasteiger partial charge in [0.15, 0.2) is 0 Å². The molecule has 0 aromatic heterocycles. The Bertz CT molecular complexity index is 721. The highest BCUT2D eigenvalue weighted by molar-refractivity contribution is 7.89. The van der Waals surface area contributed by atoms with Crippen LogP contribution in [0.25, 0.3) is 0 Å². The third-order valence-corrected chi connectivity index (χ3v) is 7.08. The Labute approximate surface area is 142 Å². The van der Waals surface area contributed by atoms with Crippen LogP contribution in [0.15, 0.2) is 23.1 Å². The summed E-state index contributed by atoms with van der Waals surface area (Å²) in [5.41, 5.74) is 0.311. The van der Waals surface area contributed by atoms with Gasteiger partial charge in [-0.3, -0.25) is 10.1 Å². The Kier molecular flexibility index (Phi) is 4.89. The summed E-state index contributed by atoms with van der Waals surface area (Å²) in [5.74, 6) is 0.520. The lowest BCUT2D eigenvalue weighted by atomic mass is 9.89. The number of nitrogens with zero attached hydrogens (tertiary/aromatic N) is 2. The molecule has 1 atom stereocenters. The van der Waals surface area contributed by atoms with Crippen LogP contribution in [0.2, 0.25) is 0 Å². The highest BCUT2D eigenvalue weighted by Gasteiger charge is 2.34. The maximum atomic E-state index is 12.8. The van der Waals surface area contributed by atoms with E-state index >= 15 is 0 Å². The van der Waals surface area contributed by atoms with E-state index in [-0.39, 0.29) is 10.6 Å². The molecule has 0 spiro atoms. The first-order valence-electron chi connectivity index (χ1n) is 8.38. The van der Waals surface area contributed by atoms with Crippen LogP contribution in [-0.4, -0.2) is 43.3 Å². The molecule has 2 fully saturated rings. The van der Waals surface area contributed by atoms with E-state index in [1.54, 1.807) is 6.92 Å². The third kappa shape index (κ3) is 3.31. The highest BCUT2D eigenvalue weighted by atomic mass is 32.2. The Morgan fingerprint density at radius 2 is 1.96 bits per heavy atom. The number of hydrogen-bond acceptors (Lipinski definition) is 5. The zero-order valence-electron chi connectivity index (χ0n) is 13.8. The van der Waals surface area contributed by atoms with Crippen molar-refractivity contribution < 1.29 is 13.3 Å². The molecule has 8 heteroatoms. The van der Waals surface area contributed by atoms with Gasteiger partial charge in [0.25, 0.3) is 5.69 Å². The average molecular weight is 353 g/mol. The number of hydrogen-bond donors (Lipinski definition) is 1. The minimum Gasteiger partial charge on any atom is -0.314 e. The largest absolute Gasteiger partial charge is 0.314 e. The van der Waals surface area contributed by atoms with Gasteiger partial charge in [0.1, 0.15) is 0 Å². The highest BCUT2D eigenvalue weighted by Crippen LogP contribution is 2.30. The second kappa shape index (κ2) is 6.78. The number of nitro groups is 1. The molecule has 1 N–H and O–H groups in total. The van der Waals surface area contributed by atoms with Crippen molar-refractivity contribution in [1.29, 1.82) is 0 Å². The molecular formula is C16H23N3O4S. The number of sulfonamides is 1. The van der Waals surface area contributed by atoms with Crippen molar-refractivity contribution in [3.63, 3.8) is 0 Å². The van der Waals surface area contributed by atoms with Gasteiger partial charge >= 0.3 is 0 Å². The van der Waals surface area contributed by atoms with Crippen LogP contribution in [0.1, 0.15) is 31.2 Å². The van der Waals surface area contributed by atoms with Crippen molar-refractivity contribution in [3.05, 3.63) is 33.9 Å². The van der Waals surface area contributed by atoms with Gasteiger partial charge in [0, 0.05) is 30.8 Å². The molecule has 0 bridgehead atoms. The van der Waals surface area contributed by atoms with Crippen LogP contribution in [0.4, 0.5) is 5.69 Å². The summed E-state index contributed by atoms with van der Waals surface area (Å²) >= 11 is 0. The molecule has 7 nitrogen and oxygen atoms in total. The Morgan fingerprint density at radius 1 is 1.25 bits per heavy atom. The maximum absolute atomic E-state index is 12.8. The number of rotatable bonds is 4. The number of nitro benzene ring substituents is 1. The minimum atomic E-state index is -3.67. The van der Waals surface area contributed by atoms with E-state index in [4.69, 9.17) is 0 Å². The summed E-state index contributed by atoms with van der Waals surface area (Å²) in [4.78, 5) is 10.5. The minimum absolute atomic E-state index is 0.0113. The first kappa shape index (κ1) is 17.3. The molecule has 1 aromatic rings. The van der Waals surface area contributed by atoms with E-state index in [9.17, 15) is 18.5 Å². The lowest BCUT2D eigenvalue weighted by Gasteiger charge is -2.34. The van der Waals surface area contributed by atoms with Gasteiger partial charge in [-0.1, -0.05) is 6.07 Å². The van der Waals surface area contributed by atoms with Crippen LogP contribution in [0.3, 0.4) is 0 Å². The number of benzene rings is 1. The third-order valence-electron chi connectivity index (χ3n) is 5.18. The fourth-order valence-corrected chi connectivity index (χ4v) is 5.22. The molecular weight excluding hydrogens is 330 g/mol. The van der Waals surface area contributed by atoms with Crippen molar-refractivity contribution >= 4 is 15.7 Å². The van der Waals surface area contributed by atoms with Gasteiger partial charge in [-0.15, -0.1) is 0 Å². The molecule has 2 heterocycles. The van der Waals surface area contributed by atoms with Crippen molar-refractivity contribution in [2.24, 2.45) is 5.92 Å². The summed E-state index contributed by atoms with van der Waals surface area (Å²) in [7, 11) is -3.67. The second-order valence-corrected chi connectivity index (χ2v) is 8.59. The molecule has 132 valence electrons. The topological polar surface area (TPSA) is 92.6 Å². The van der Waals surface area contributed by atoms with Crippen LogP contribution >= 0.6 is 0 Å². The monoisotopic (exact) mass is 353 g/mol. The molecule has 0 amide bonds. The van der Waals surface area contributed by atoms with Gasteiger partial charge < -0.3 is 5.32 Å². The first-order chi connectivity index (χ1) is 11.4. The fourth-order valence-electron chi connectivity index (χ4n) is 3.73. The van der Waals surface area contributed by atoms with Gasteiger partial charge in [-0.25, -0.2) is 8.42 Å². The van der Waals surface area contributed by atoms with Gasteiger partial charge in [0.05, 0.1) is 9.82 Å². The SMILES string of the molecule is Cc1ccc(S(=O)(=O)N2CCC(C3CCCN3)CC2)cc1[N+](=O)[O-]. The summed E-state index contributed by atoms with van der Waals surface area (Å²) in [6.45, 7) is 3.62. The molecule has 2 aliphatic heterocycles. The van der Waals surface area contributed by atoms with Crippen molar-refractivity contribution in [2.45, 2.75) is 43.5 Å². The zero-order valence-corrected chi connectivity index (χ0v) is 14.6. The first-order valence-corrected chi connectivity index (χ1v) is 9.82. The molecule has 2 saturated heterocycles. The zero-order chi connectivity index (χ0) is 17.3. The fraction of sp³-hybridized carbons (Fsp3) is 0.625. The van der Waals surface area contributed by atoms with Gasteiger partial charge in [-0.05, 0) is 51.1 Å². The van der Waals surface area contributed by atoms with Crippen molar-refractivity contribution in [2.75, 3.05) is 19.6 Å². The molecule has 1 aromatic carbocycles. The average Bonchev–Trinajstić information content (AvgIpc) is 3.09. The number of nitrogens with one attached hydrogen (secondary N) is 1. The van der Waals surface area contributed by atoms with Crippen LogP contribution < -0.4 is 5.32 Å². The van der Waals surface area contributed by atoms with E-state index in [1.165, 1.54) is 35.3 Å². The summed E-state index contributed by atoms with van der Waals surface area (Å²) in [6.07, 6.45) is 4.04. The second-order valence-electron chi connectivity index (χ2n) is 6.65. The standard InChI is InChI=1S/C16H23N3O4S/c1-12-4-5-14(11-16(12)19(20)21)24(22,23)18-9-6-13(7-10-18)15-3-2-8-17-15/h4-5,11,13,15,17H,2-3,6-10H2,1H3.